The van der Waals surface area contributed by atoms with Crippen molar-refractivity contribution >= 4 is 17.3 Å². The van der Waals surface area contributed by atoms with E-state index in [1.807, 2.05) is 33.2 Å². The second kappa shape index (κ2) is 12.6. The van der Waals surface area contributed by atoms with Crippen molar-refractivity contribution in [2.45, 2.75) is 104 Å². The van der Waals surface area contributed by atoms with Crippen molar-refractivity contribution in [2.24, 2.45) is 5.92 Å². The third-order valence-electron chi connectivity index (χ3n) is 5.95. The number of esters is 1. The predicted octanol–water partition coefficient (Wildman–Crippen LogP) is 8.68. The number of halogens is 3. The van der Waals surface area contributed by atoms with Crippen molar-refractivity contribution in [2.75, 3.05) is 4.90 Å². The number of hydrogen-bond donors (Lipinski definition) is 0. The Kier molecular flexibility index (Phi) is 10.4. The van der Waals surface area contributed by atoms with Crippen LogP contribution in [0.5, 0.6) is 0 Å². The number of anilines is 2. The van der Waals surface area contributed by atoms with Crippen LogP contribution in [0.1, 0.15) is 97.6 Å². The number of aromatic nitrogens is 1. The average Bonchev–Trinajstić information content (AvgIpc) is 3.60. The maximum absolute atomic E-state index is 13.0. The standard InChI is InChI=1S/C23H29F3N2.C6H12O2/c1-4-19(10-5-16(2)3)28(20-11-8-18(9-12-20)23(24,25)26)22-15-27-14-13-21(22)17-6-7-17;1-5(7)8-6(2,3)4/h8-9,11-17,19H,4-7,10H2,1-3H3;1-4H3. The fourth-order valence-corrected chi connectivity index (χ4v) is 4.17. The van der Waals surface area contributed by atoms with Crippen LogP contribution in [0.15, 0.2) is 42.7 Å². The number of hydrogen-bond acceptors (Lipinski definition) is 4. The Bertz CT molecular complexity index is 962. The Hall–Kier alpha value is -2.57. The number of rotatable bonds is 8. The van der Waals surface area contributed by atoms with Crippen LogP contribution < -0.4 is 4.90 Å². The van der Waals surface area contributed by atoms with E-state index in [2.05, 4.69) is 36.7 Å². The summed E-state index contributed by atoms with van der Waals surface area (Å²) in [5, 5.41) is 0. The van der Waals surface area contributed by atoms with E-state index in [1.165, 1.54) is 37.5 Å². The number of carbonyl (C=O) groups excluding carboxylic acids is 1. The molecule has 1 unspecified atom stereocenters. The van der Waals surface area contributed by atoms with Crippen LogP contribution in [0.3, 0.4) is 0 Å². The molecular weight excluding hydrogens is 465 g/mol. The zero-order chi connectivity index (χ0) is 27.1. The van der Waals surface area contributed by atoms with Crippen LogP contribution >= 0.6 is 0 Å². The van der Waals surface area contributed by atoms with Gasteiger partial charge in [-0.2, -0.15) is 13.2 Å². The minimum absolute atomic E-state index is 0.223. The molecule has 0 bridgehead atoms. The van der Waals surface area contributed by atoms with Gasteiger partial charge in [-0.15, -0.1) is 0 Å². The van der Waals surface area contributed by atoms with Crippen LogP contribution in [-0.4, -0.2) is 22.6 Å². The van der Waals surface area contributed by atoms with E-state index in [1.54, 1.807) is 12.1 Å². The fraction of sp³-hybridized carbons (Fsp3) is 0.586. The lowest BCUT2D eigenvalue weighted by Gasteiger charge is -2.35. The van der Waals surface area contributed by atoms with Crippen molar-refractivity contribution in [3.05, 3.63) is 53.9 Å². The van der Waals surface area contributed by atoms with E-state index in [-0.39, 0.29) is 17.6 Å². The van der Waals surface area contributed by atoms with Gasteiger partial charge in [-0.05, 0) is 101 Å². The molecule has 7 heteroatoms. The summed E-state index contributed by atoms with van der Waals surface area (Å²) in [6.45, 7) is 13.5. The van der Waals surface area contributed by atoms with Gasteiger partial charge < -0.3 is 9.64 Å². The highest BCUT2D eigenvalue weighted by Gasteiger charge is 2.32. The average molecular weight is 507 g/mol. The third kappa shape index (κ3) is 9.47. The van der Waals surface area contributed by atoms with Gasteiger partial charge in [-0.25, -0.2) is 0 Å². The molecule has 0 radical (unpaired) electrons. The summed E-state index contributed by atoms with van der Waals surface area (Å²) in [4.78, 5) is 16.8. The van der Waals surface area contributed by atoms with Gasteiger partial charge in [0.2, 0.25) is 0 Å². The highest BCUT2D eigenvalue weighted by Crippen LogP contribution is 2.46. The van der Waals surface area contributed by atoms with Gasteiger partial charge in [0.25, 0.3) is 0 Å². The van der Waals surface area contributed by atoms with Crippen molar-refractivity contribution in [1.82, 2.24) is 4.98 Å². The lowest BCUT2D eigenvalue weighted by atomic mass is 9.98. The Morgan fingerprint density at radius 3 is 2.11 bits per heavy atom. The molecule has 0 N–H and O–H groups in total. The fourth-order valence-electron chi connectivity index (χ4n) is 4.17. The molecule has 3 rings (SSSR count). The number of alkyl halides is 3. The second-order valence-electron chi connectivity index (χ2n) is 10.9. The van der Waals surface area contributed by atoms with Crippen LogP contribution in [0, 0.1) is 5.92 Å². The maximum atomic E-state index is 13.0. The monoisotopic (exact) mass is 506 g/mol. The molecule has 0 spiro atoms. The van der Waals surface area contributed by atoms with Crippen molar-refractivity contribution in [3.8, 4) is 0 Å². The van der Waals surface area contributed by atoms with Gasteiger partial charge in [0.1, 0.15) is 5.60 Å². The van der Waals surface area contributed by atoms with E-state index >= 15 is 0 Å². The molecule has 1 atom stereocenters. The third-order valence-corrected chi connectivity index (χ3v) is 5.95. The van der Waals surface area contributed by atoms with Crippen LogP contribution in [-0.2, 0) is 15.7 Å². The SMILES string of the molecule is CC(=O)OC(C)(C)C.CCC(CCC(C)C)N(c1ccc(C(F)(F)F)cc1)c1cnccc1C1CC1. The zero-order valence-electron chi connectivity index (χ0n) is 22.7. The molecule has 4 nitrogen and oxygen atoms in total. The van der Waals surface area contributed by atoms with E-state index < -0.39 is 11.7 Å². The van der Waals surface area contributed by atoms with Crippen molar-refractivity contribution < 1.29 is 22.7 Å². The van der Waals surface area contributed by atoms with Gasteiger partial charge >= 0.3 is 12.1 Å². The maximum Gasteiger partial charge on any atom is 0.416 e. The number of benzene rings is 1. The van der Waals surface area contributed by atoms with Gasteiger partial charge in [-0.3, -0.25) is 9.78 Å². The normalized spacial score (nSPS) is 14.6. The van der Waals surface area contributed by atoms with Crippen LogP contribution in [0.25, 0.3) is 0 Å². The molecule has 1 aromatic carbocycles. The molecule has 1 fully saturated rings. The first-order chi connectivity index (χ1) is 16.7. The quantitative estimate of drug-likeness (QED) is 0.336. The molecule has 200 valence electrons. The highest BCUT2D eigenvalue weighted by atomic mass is 19.4. The summed E-state index contributed by atoms with van der Waals surface area (Å²) in [6.07, 6.45) is 4.70. The summed E-state index contributed by atoms with van der Waals surface area (Å²) >= 11 is 0. The van der Waals surface area contributed by atoms with Gasteiger partial charge in [0.15, 0.2) is 0 Å². The van der Waals surface area contributed by atoms with E-state index in [4.69, 9.17) is 4.74 Å². The minimum Gasteiger partial charge on any atom is -0.460 e. The molecule has 1 saturated carbocycles. The van der Waals surface area contributed by atoms with E-state index in [0.717, 1.165) is 30.6 Å². The number of nitrogens with zero attached hydrogens (tertiary/aromatic N) is 2. The predicted molar refractivity (Wildman–Crippen MR) is 139 cm³/mol. The van der Waals surface area contributed by atoms with Gasteiger partial charge in [-0.1, -0.05) is 20.8 Å². The second-order valence-corrected chi connectivity index (χ2v) is 10.9. The smallest absolute Gasteiger partial charge is 0.416 e. The Morgan fingerprint density at radius 1 is 1.08 bits per heavy atom. The molecular formula is C29H41F3N2O2. The first-order valence-electron chi connectivity index (χ1n) is 12.8. The minimum atomic E-state index is -4.32. The first-order valence-corrected chi connectivity index (χ1v) is 12.8. The van der Waals surface area contributed by atoms with Crippen molar-refractivity contribution in [1.29, 1.82) is 0 Å². The Morgan fingerprint density at radius 2 is 1.69 bits per heavy atom. The van der Waals surface area contributed by atoms with Crippen molar-refractivity contribution in [3.63, 3.8) is 0 Å². The number of ether oxygens (including phenoxy) is 1. The molecule has 1 heterocycles. The molecule has 1 aliphatic rings. The molecule has 0 aliphatic heterocycles. The Labute approximate surface area is 214 Å². The summed E-state index contributed by atoms with van der Waals surface area (Å²) in [6, 6.07) is 7.87. The highest BCUT2D eigenvalue weighted by molar-refractivity contribution is 5.68. The molecule has 1 aromatic heterocycles. The van der Waals surface area contributed by atoms with E-state index in [9.17, 15) is 18.0 Å². The molecule has 36 heavy (non-hydrogen) atoms. The van der Waals surface area contributed by atoms with Crippen LogP contribution in [0.2, 0.25) is 0 Å². The lowest BCUT2D eigenvalue weighted by Crippen LogP contribution is -2.32. The lowest BCUT2D eigenvalue weighted by molar-refractivity contribution is -0.151. The molecule has 2 aromatic rings. The number of pyridine rings is 1. The summed E-state index contributed by atoms with van der Waals surface area (Å²) in [7, 11) is 0. The van der Waals surface area contributed by atoms with Crippen LogP contribution in [0.4, 0.5) is 24.5 Å². The Balaban J connectivity index is 0.000000493. The van der Waals surface area contributed by atoms with E-state index in [0.29, 0.717) is 11.8 Å². The largest absolute Gasteiger partial charge is 0.460 e. The molecule has 1 aliphatic carbocycles. The topological polar surface area (TPSA) is 42.4 Å². The zero-order valence-corrected chi connectivity index (χ0v) is 22.7. The molecule has 0 amide bonds. The summed E-state index contributed by atoms with van der Waals surface area (Å²) < 4.78 is 43.9. The summed E-state index contributed by atoms with van der Waals surface area (Å²) in [5.41, 5.74) is 2.17. The summed E-state index contributed by atoms with van der Waals surface area (Å²) in [5.74, 6) is 0.898. The van der Waals surface area contributed by atoms with Gasteiger partial charge in [0, 0.05) is 24.8 Å². The first kappa shape index (κ1) is 29.7. The number of carbonyl (C=O) groups is 1. The molecule has 0 saturated heterocycles. The van der Waals surface area contributed by atoms with Gasteiger partial charge in [0.05, 0.1) is 17.4 Å².